The van der Waals surface area contributed by atoms with E-state index in [0.29, 0.717) is 18.7 Å². The molecule has 1 aliphatic rings. The first-order valence-corrected chi connectivity index (χ1v) is 9.56. The Hall–Kier alpha value is -3.89. The summed E-state index contributed by atoms with van der Waals surface area (Å²) in [4.78, 5) is 40.9. The van der Waals surface area contributed by atoms with Crippen LogP contribution in [0.5, 0.6) is 5.75 Å². The van der Waals surface area contributed by atoms with Crippen LogP contribution in [0.4, 0.5) is 15.0 Å². The van der Waals surface area contributed by atoms with Crippen LogP contribution in [-0.2, 0) is 13.1 Å². The van der Waals surface area contributed by atoms with Crippen molar-refractivity contribution in [2.24, 2.45) is 0 Å². The zero-order valence-corrected chi connectivity index (χ0v) is 17.2. The molecule has 2 aromatic heterocycles. The maximum Gasteiger partial charge on any atom is 0.322 e. The predicted octanol–water partition coefficient (Wildman–Crippen LogP) is 0.952. The van der Waals surface area contributed by atoms with E-state index in [0.717, 1.165) is 4.68 Å². The Morgan fingerprint density at radius 2 is 1.94 bits per heavy atom. The van der Waals surface area contributed by atoms with E-state index < -0.39 is 29.1 Å². The molecule has 11 heteroatoms. The van der Waals surface area contributed by atoms with Gasteiger partial charge >= 0.3 is 6.03 Å². The van der Waals surface area contributed by atoms with E-state index in [1.54, 1.807) is 7.05 Å². The van der Waals surface area contributed by atoms with Crippen LogP contribution in [0.2, 0.25) is 0 Å². The van der Waals surface area contributed by atoms with Crippen molar-refractivity contribution in [1.29, 1.82) is 0 Å². The molecule has 31 heavy (non-hydrogen) atoms. The number of aromatic hydroxyl groups is 1. The molecule has 0 saturated heterocycles. The van der Waals surface area contributed by atoms with Gasteiger partial charge in [0, 0.05) is 34.2 Å². The second kappa shape index (κ2) is 7.42. The highest BCUT2D eigenvalue weighted by Crippen LogP contribution is 2.36. The van der Waals surface area contributed by atoms with Crippen LogP contribution < -0.4 is 15.8 Å². The van der Waals surface area contributed by atoms with Crippen LogP contribution in [-0.4, -0.2) is 64.0 Å². The summed E-state index contributed by atoms with van der Waals surface area (Å²) < 4.78 is 15.9. The first-order valence-electron chi connectivity index (χ1n) is 9.56. The summed E-state index contributed by atoms with van der Waals surface area (Å²) in [5.74, 6) is -1.19. The van der Waals surface area contributed by atoms with Gasteiger partial charge in [0.2, 0.25) is 0 Å². The molecule has 3 heterocycles. The van der Waals surface area contributed by atoms with Crippen LogP contribution in [0.3, 0.4) is 0 Å². The Labute approximate surface area is 176 Å². The minimum Gasteiger partial charge on any atom is -0.505 e. The zero-order valence-electron chi connectivity index (χ0n) is 17.2. The molecule has 0 unspecified atom stereocenters. The molecule has 0 atom stereocenters. The number of hydrogen-bond acceptors (Lipinski definition) is 5. The monoisotopic (exact) mass is 428 g/mol. The molecule has 0 bridgehead atoms. The number of amides is 3. The van der Waals surface area contributed by atoms with E-state index in [9.17, 15) is 23.9 Å². The zero-order chi connectivity index (χ0) is 22.4. The fourth-order valence-corrected chi connectivity index (χ4v) is 3.71. The smallest absolute Gasteiger partial charge is 0.322 e. The summed E-state index contributed by atoms with van der Waals surface area (Å²) in [6.07, 6.45) is 0. The van der Waals surface area contributed by atoms with E-state index in [-0.39, 0.29) is 29.0 Å². The molecule has 4 rings (SSSR count). The van der Waals surface area contributed by atoms with Gasteiger partial charge in [0.25, 0.3) is 11.5 Å². The number of benzene rings is 1. The first kappa shape index (κ1) is 20.4. The third-order valence-corrected chi connectivity index (χ3v) is 5.40. The number of halogens is 1. The van der Waals surface area contributed by atoms with Crippen molar-refractivity contribution in [3.63, 3.8) is 0 Å². The van der Waals surface area contributed by atoms with Crippen molar-refractivity contribution >= 4 is 28.7 Å². The van der Waals surface area contributed by atoms with Gasteiger partial charge < -0.3 is 19.9 Å². The van der Waals surface area contributed by atoms with Crippen LogP contribution in [0, 0.1) is 5.82 Å². The minimum atomic E-state index is -0.622. The van der Waals surface area contributed by atoms with E-state index in [1.807, 2.05) is 0 Å². The van der Waals surface area contributed by atoms with Crippen molar-refractivity contribution in [3.8, 4) is 5.75 Å². The highest BCUT2D eigenvalue weighted by atomic mass is 19.1. The van der Waals surface area contributed by atoms with Gasteiger partial charge in [0.05, 0.1) is 6.54 Å². The fourth-order valence-electron chi connectivity index (χ4n) is 3.71. The lowest BCUT2D eigenvalue weighted by atomic mass is 10.2. The summed E-state index contributed by atoms with van der Waals surface area (Å²) in [5.41, 5.74) is 0.167. The van der Waals surface area contributed by atoms with Gasteiger partial charge in [-0.3, -0.25) is 14.5 Å². The van der Waals surface area contributed by atoms with Gasteiger partial charge in [-0.2, -0.15) is 0 Å². The molecular formula is C20H21FN6O4. The Kier molecular flexibility index (Phi) is 4.88. The van der Waals surface area contributed by atoms with Gasteiger partial charge in [0.1, 0.15) is 16.7 Å². The number of hydrogen-bond donors (Lipinski definition) is 2. The Morgan fingerprint density at radius 1 is 1.26 bits per heavy atom. The maximum absolute atomic E-state index is 13.3. The molecule has 0 fully saturated rings. The predicted molar refractivity (Wildman–Crippen MR) is 111 cm³/mol. The summed E-state index contributed by atoms with van der Waals surface area (Å²) in [6, 6.07) is 5.06. The van der Waals surface area contributed by atoms with Crippen molar-refractivity contribution in [2.45, 2.75) is 13.1 Å². The number of carbonyl (C=O) groups excluding carboxylic acids is 2. The summed E-state index contributed by atoms with van der Waals surface area (Å²) in [6.45, 7) is 0.681. The topological polar surface area (TPSA) is 113 Å². The van der Waals surface area contributed by atoms with Crippen LogP contribution >= 0.6 is 0 Å². The van der Waals surface area contributed by atoms with E-state index in [1.165, 1.54) is 52.7 Å². The standard InChI is InChI=1S/C20H21FN6O4/c1-22-20(31)25(3)17-14-13(16(28)15-19(30)24(2)8-9-26(14)15)18(29)27(23-17)10-11-4-6-12(21)7-5-11/h4-7,28H,8-10H2,1-3H3,(H,22,31). The van der Waals surface area contributed by atoms with Crippen molar-refractivity contribution in [1.82, 2.24) is 24.6 Å². The van der Waals surface area contributed by atoms with E-state index in [2.05, 4.69) is 10.4 Å². The molecule has 0 radical (unpaired) electrons. The third kappa shape index (κ3) is 3.18. The van der Waals surface area contributed by atoms with Crippen LogP contribution in [0.1, 0.15) is 16.1 Å². The number of nitrogens with zero attached hydrogens (tertiary/aromatic N) is 5. The lowest BCUT2D eigenvalue weighted by Gasteiger charge is -2.26. The minimum absolute atomic E-state index is 0.0164. The average molecular weight is 428 g/mol. The van der Waals surface area contributed by atoms with Crippen LogP contribution in [0.25, 0.3) is 10.9 Å². The Morgan fingerprint density at radius 3 is 2.58 bits per heavy atom. The molecule has 1 aromatic carbocycles. The average Bonchev–Trinajstić information content (AvgIpc) is 3.06. The molecule has 3 aromatic rings. The highest BCUT2D eigenvalue weighted by Gasteiger charge is 2.34. The SMILES string of the molecule is CNC(=O)N(C)c1nn(Cc2ccc(F)cc2)c(=O)c2c(O)c3n(c12)CCN(C)C3=O. The summed E-state index contributed by atoms with van der Waals surface area (Å²) in [7, 11) is 4.53. The number of nitrogens with one attached hydrogen (secondary N) is 1. The Balaban J connectivity index is 2.01. The number of fused-ring (bicyclic) bond motifs is 3. The number of likely N-dealkylation sites (N-methyl/N-ethyl adjacent to an activating group) is 1. The molecule has 0 spiro atoms. The quantitative estimate of drug-likeness (QED) is 0.645. The molecule has 1 aliphatic heterocycles. The number of anilines is 1. The maximum atomic E-state index is 13.3. The number of carbonyl (C=O) groups is 2. The third-order valence-electron chi connectivity index (χ3n) is 5.40. The van der Waals surface area contributed by atoms with Crippen molar-refractivity contribution < 1.29 is 19.1 Å². The second-order valence-corrected chi connectivity index (χ2v) is 7.33. The van der Waals surface area contributed by atoms with E-state index >= 15 is 0 Å². The van der Waals surface area contributed by atoms with Gasteiger partial charge in [-0.15, -0.1) is 5.10 Å². The second-order valence-electron chi connectivity index (χ2n) is 7.33. The molecule has 0 saturated carbocycles. The van der Waals surface area contributed by atoms with Crippen molar-refractivity contribution in [2.75, 3.05) is 32.6 Å². The molecule has 2 N–H and O–H groups in total. The highest BCUT2D eigenvalue weighted by molar-refractivity contribution is 6.08. The molecule has 10 nitrogen and oxygen atoms in total. The van der Waals surface area contributed by atoms with Gasteiger partial charge in [-0.1, -0.05) is 12.1 Å². The van der Waals surface area contributed by atoms with Crippen molar-refractivity contribution in [3.05, 3.63) is 51.7 Å². The summed E-state index contributed by atoms with van der Waals surface area (Å²) >= 11 is 0. The normalized spacial score (nSPS) is 13.4. The molecule has 0 aliphatic carbocycles. The van der Waals surface area contributed by atoms with E-state index in [4.69, 9.17) is 0 Å². The molecular weight excluding hydrogens is 407 g/mol. The number of urea groups is 1. The largest absolute Gasteiger partial charge is 0.505 e. The number of rotatable bonds is 3. The molecule has 3 amide bonds. The summed E-state index contributed by atoms with van der Waals surface area (Å²) in [5, 5.41) is 17.6. The lowest BCUT2D eigenvalue weighted by molar-refractivity contribution is 0.0747. The fraction of sp³-hybridized carbons (Fsp3) is 0.300. The lowest BCUT2D eigenvalue weighted by Crippen LogP contribution is -2.39. The van der Waals surface area contributed by atoms with Gasteiger partial charge in [0.15, 0.2) is 17.3 Å². The molecule has 162 valence electrons. The Bertz CT molecular complexity index is 1260. The number of aromatic nitrogens is 3. The van der Waals surface area contributed by atoms with Gasteiger partial charge in [-0.25, -0.2) is 13.9 Å². The first-order chi connectivity index (χ1) is 14.7. The van der Waals surface area contributed by atoms with Gasteiger partial charge in [-0.05, 0) is 17.7 Å². The van der Waals surface area contributed by atoms with Crippen LogP contribution in [0.15, 0.2) is 29.1 Å².